The average molecular weight is 436 g/mol. The van der Waals surface area contributed by atoms with E-state index < -0.39 is 21.9 Å². The lowest BCUT2D eigenvalue weighted by molar-refractivity contribution is -0.117. The Morgan fingerprint density at radius 3 is 2.23 bits per heavy atom. The average Bonchev–Trinajstić information content (AvgIpc) is 2.71. The molecule has 0 aliphatic heterocycles. The highest BCUT2D eigenvalue weighted by Gasteiger charge is 2.22. The van der Waals surface area contributed by atoms with Gasteiger partial charge in [0.05, 0.1) is 10.9 Å². The van der Waals surface area contributed by atoms with Crippen LogP contribution in [-0.2, 0) is 14.8 Å². The summed E-state index contributed by atoms with van der Waals surface area (Å²) in [4.78, 5) is 12.7. The molecular weight excluding hydrogens is 405 g/mol. The molecule has 0 fully saturated rings. The van der Waals surface area contributed by atoms with E-state index in [1.807, 2.05) is 6.92 Å². The summed E-state index contributed by atoms with van der Waals surface area (Å²) in [5.41, 5.74) is 2.07. The first-order chi connectivity index (χ1) is 14.1. The third-order valence-electron chi connectivity index (χ3n) is 5.07. The van der Waals surface area contributed by atoms with Gasteiger partial charge in [-0.3, -0.25) is 10.1 Å². The summed E-state index contributed by atoms with van der Waals surface area (Å²) in [5, 5.41) is 5.92. The second kappa shape index (κ2) is 10.1. The van der Waals surface area contributed by atoms with E-state index in [1.54, 1.807) is 58.0 Å². The van der Waals surface area contributed by atoms with Crippen LogP contribution in [-0.4, -0.2) is 37.8 Å². The number of sulfonamides is 1. The fourth-order valence-electron chi connectivity index (χ4n) is 3.16. The molecule has 8 heteroatoms. The predicted molar refractivity (Wildman–Crippen MR) is 117 cm³/mol. The zero-order chi connectivity index (χ0) is 22.5. The van der Waals surface area contributed by atoms with Gasteiger partial charge in [0.15, 0.2) is 0 Å². The number of carbonyl (C=O) groups excluding carboxylic acids is 1. The maximum atomic E-state index is 13.4. The maximum Gasteiger partial charge on any atom is 0.243 e. The van der Waals surface area contributed by atoms with Gasteiger partial charge in [-0.15, -0.1) is 0 Å². The molecule has 0 spiro atoms. The largest absolute Gasteiger partial charge is 0.324 e. The van der Waals surface area contributed by atoms with Crippen LogP contribution in [0.2, 0.25) is 0 Å². The number of carbonyl (C=O) groups is 1. The van der Waals surface area contributed by atoms with Crippen LogP contribution in [0.25, 0.3) is 0 Å². The molecule has 2 N–H and O–H groups in total. The Morgan fingerprint density at radius 2 is 1.67 bits per heavy atom. The molecule has 1 amide bonds. The molecule has 2 unspecified atom stereocenters. The quantitative estimate of drug-likeness (QED) is 0.627. The van der Waals surface area contributed by atoms with Crippen LogP contribution in [0.5, 0.6) is 0 Å². The predicted octanol–water partition coefficient (Wildman–Crippen LogP) is 3.84. The summed E-state index contributed by atoms with van der Waals surface area (Å²) in [6.07, 6.45) is 0. The normalized spacial score (nSPS) is 13.8. The van der Waals surface area contributed by atoms with Crippen molar-refractivity contribution in [3.05, 3.63) is 59.4 Å². The molecule has 0 radical (unpaired) electrons. The number of nitrogens with zero attached hydrogens (tertiary/aromatic N) is 1. The maximum absolute atomic E-state index is 13.4. The Morgan fingerprint density at radius 1 is 1.07 bits per heavy atom. The zero-order valence-corrected chi connectivity index (χ0v) is 18.9. The van der Waals surface area contributed by atoms with Crippen molar-refractivity contribution in [1.82, 2.24) is 9.62 Å². The van der Waals surface area contributed by atoms with Crippen molar-refractivity contribution in [3.63, 3.8) is 0 Å². The van der Waals surface area contributed by atoms with Gasteiger partial charge in [0.25, 0.3) is 0 Å². The topological polar surface area (TPSA) is 78.5 Å². The molecule has 0 aliphatic rings. The second-order valence-electron chi connectivity index (χ2n) is 7.22. The van der Waals surface area contributed by atoms with Gasteiger partial charge in [-0.25, -0.2) is 12.8 Å². The lowest BCUT2D eigenvalue weighted by Gasteiger charge is -2.21. The summed E-state index contributed by atoms with van der Waals surface area (Å²) >= 11 is 0. The highest BCUT2D eigenvalue weighted by Crippen LogP contribution is 2.20. The van der Waals surface area contributed by atoms with Gasteiger partial charge in [0.1, 0.15) is 5.82 Å². The van der Waals surface area contributed by atoms with Crippen LogP contribution in [0, 0.1) is 12.7 Å². The SMILES string of the molecule is CCN(CC)S(=O)(=O)c1ccc(C(C)NC(C)C(=O)Nc2cc(F)ccc2C)cc1. The molecule has 0 bridgehead atoms. The van der Waals surface area contributed by atoms with Gasteiger partial charge in [0.2, 0.25) is 15.9 Å². The number of hydrogen-bond acceptors (Lipinski definition) is 4. The summed E-state index contributed by atoms with van der Waals surface area (Å²) < 4.78 is 40.0. The molecule has 30 heavy (non-hydrogen) atoms. The Labute approximate surface area is 178 Å². The van der Waals surface area contributed by atoms with Crippen LogP contribution >= 0.6 is 0 Å². The van der Waals surface area contributed by atoms with Crippen molar-refractivity contribution in [2.24, 2.45) is 0 Å². The Bertz CT molecular complexity index is 974. The lowest BCUT2D eigenvalue weighted by atomic mass is 10.1. The Balaban J connectivity index is 2.05. The summed E-state index contributed by atoms with van der Waals surface area (Å²) in [6.45, 7) is 9.85. The monoisotopic (exact) mass is 435 g/mol. The number of hydrogen-bond donors (Lipinski definition) is 2. The van der Waals surface area contributed by atoms with Gasteiger partial charge in [-0.2, -0.15) is 4.31 Å². The van der Waals surface area contributed by atoms with Crippen molar-refractivity contribution in [2.75, 3.05) is 18.4 Å². The van der Waals surface area contributed by atoms with E-state index in [-0.39, 0.29) is 16.8 Å². The van der Waals surface area contributed by atoms with Crippen molar-refractivity contribution in [1.29, 1.82) is 0 Å². The number of amides is 1. The molecule has 2 atom stereocenters. The first kappa shape index (κ1) is 24.0. The molecule has 2 rings (SSSR count). The van der Waals surface area contributed by atoms with Gasteiger partial charge >= 0.3 is 0 Å². The van der Waals surface area contributed by atoms with E-state index in [0.29, 0.717) is 18.8 Å². The number of nitrogens with one attached hydrogen (secondary N) is 2. The standard InChI is InChI=1S/C22H30FN3O3S/c1-6-26(7-2)30(28,29)20-12-9-18(10-13-20)16(4)24-17(5)22(27)25-21-14-19(23)11-8-15(21)3/h8-14,16-17,24H,6-7H2,1-5H3,(H,25,27). The van der Waals surface area contributed by atoms with Crippen LogP contribution in [0.1, 0.15) is 44.9 Å². The van der Waals surface area contributed by atoms with E-state index in [9.17, 15) is 17.6 Å². The van der Waals surface area contributed by atoms with Gasteiger partial charge in [0, 0.05) is 24.8 Å². The number of anilines is 1. The van der Waals surface area contributed by atoms with Gasteiger partial charge in [-0.05, 0) is 56.2 Å². The molecule has 0 aliphatic carbocycles. The van der Waals surface area contributed by atoms with E-state index >= 15 is 0 Å². The van der Waals surface area contributed by atoms with E-state index in [1.165, 1.54) is 16.4 Å². The first-order valence-electron chi connectivity index (χ1n) is 10.0. The molecular formula is C22H30FN3O3S. The van der Waals surface area contributed by atoms with Crippen LogP contribution in [0.3, 0.4) is 0 Å². The van der Waals surface area contributed by atoms with Crippen LogP contribution in [0.15, 0.2) is 47.4 Å². The Kier molecular flexibility index (Phi) is 8.11. The summed E-state index contributed by atoms with van der Waals surface area (Å²) in [6, 6.07) is 10.2. The van der Waals surface area contributed by atoms with E-state index in [0.717, 1.165) is 11.1 Å². The van der Waals surface area contributed by atoms with Crippen LogP contribution in [0.4, 0.5) is 10.1 Å². The Hall–Kier alpha value is -2.29. The molecule has 0 aromatic heterocycles. The van der Waals surface area contributed by atoms with E-state index in [2.05, 4.69) is 10.6 Å². The fourth-order valence-corrected chi connectivity index (χ4v) is 4.62. The lowest BCUT2D eigenvalue weighted by Crippen LogP contribution is -2.39. The minimum Gasteiger partial charge on any atom is -0.324 e. The van der Waals surface area contributed by atoms with E-state index in [4.69, 9.17) is 0 Å². The van der Waals surface area contributed by atoms with Crippen LogP contribution < -0.4 is 10.6 Å². The number of halogens is 1. The molecule has 0 heterocycles. The van der Waals surface area contributed by atoms with Crippen molar-refractivity contribution < 1.29 is 17.6 Å². The highest BCUT2D eigenvalue weighted by molar-refractivity contribution is 7.89. The second-order valence-corrected chi connectivity index (χ2v) is 9.15. The number of aryl methyl sites for hydroxylation is 1. The van der Waals surface area contributed by atoms with Crippen molar-refractivity contribution in [2.45, 2.75) is 51.6 Å². The minimum absolute atomic E-state index is 0.190. The third-order valence-corrected chi connectivity index (χ3v) is 7.14. The number of benzene rings is 2. The minimum atomic E-state index is -3.50. The third kappa shape index (κ3) is 5.65. The fraction of sp³-hybridized carbons (Fsp3) is 0.409. The highest BCUT2D eigenvalue weighted by atomic mass is 32.2. The summed E-state index contributed by atoms with van der Waals surface area (Å²) in [7, 11) is -3.50. The number of rotatable bonds is 9. The molecule has 0 saturated heterocycles. The molecule has 2 aromatic carbocycles. The van der Waals surface area contributed by atoms with Crippen molar-refractivity contribution in [3.8, 4) is 0 Å². The molecule has 164 valence electrons. The van der Waals surface area contributed by atoms with Gasteiger partial charge < -0.3 is 5.32 Å². The molecule has 2 aromatic rings. The molecule has 0 saturated carbocycles. The molecule has 6 nitrogen and oxygen atoms in total. The smallest absolute Gasteiger partial charge is 0.243 e. The van der Waals surface area contributed by atoms with Crippen molar-refractivity contribution >= 4 is 21.6 Å². The van der Waals surface area contributed by atoms with Gasteiger partial charge in [-0.1, -0.05) is 32.0 Å². The zero-order valence-electron chi connectivity index (χ0n) is 18.1. The first-order valence-corrected chi connectivity index (χ1v) is 11.5. The summed E-state index contributed by atoms with van der Waals surface area (Å²) in [5.74, 6) is -0.694.